The number of aryl methyl sites for hydroxylation is 1. The molecule has 3 aromatic rings. The number of fused-ring (bicyclic) bond motifs is 3. The average molecular weight is 364 g/mol. The Hall–Kier alpha value is -3.57. The molecule has 1 unspecified atom stereocenters. The number of hydrogen-bond donors (Lipinski definition) is 2. The minimum absolute atomic E-state index is 0.200. The van der Waals surface area contributed by atoms with Gasteiger partial charge >= 0.3 is 0 Å². The number of aliphatic hydroxyl groups excluding tert-OH is 1. The second kappa shape index (κ2) is 6.63. The van der Waals surface area contributed by atoms with Crippen molar-refractivity contribution in [1.29, 1.82) is 0 Å². The number of aromatic nitrogens is 3. The second-order valence-electron chi connectivity index (χ2n) is 6.11. The number of benzene rings is 1. The molecule has 3 heterocycles. The first-order valence-corrected chi connectivity index (χ1v) is 8.30. The summed E-state index contributed by atoms with van der Waals surface area (Å²) < 4.78 is 12.3. The van der Waals surface area contributed by atoms with Crippen molar-refractivity contribution in [2.45, 2.75) is 19.4 Å². The molecule has 2 aromatic heterocycles. The zero-order valence-corrected chi connectivity index (χ0v) is 14.5. The van der Waals surface area contributed by atoms with Crippen molar-refractivity contribution >= 4 is 5.91 Å². The van der Waals surface area contributed by atoms with E-state index in [1.165, 1.54) is 0 Å². The highest BCUT2D eigenvalue weighted by Crippen LogP contribution is 2.28. The van der Waals surface area contributed by atoms with Crippen LogP contribution >= 0.6 is 0 Å². The van der Waals surface area contributed by atoms with Gasteiger partial charge in [0.1, 0.15) is 22.9 Å². The summed E-state index contributed by atoms with van der Waals surface area (Å²) >= 11 is 0. The van der Waals surface area contributed by atoms with Gasteiger partial charge in [0.2, 0.25) is 0 Å². The predicted octanol–water partition coefficient (Wildman–Crippen LogP) is 1.29. The van der Waals surface area contributed by atoms with Gasteiger partial charge in [-0.1, -0.05) is 17.0 Å². The number of nitrogens with zero attached hydrogens (tertiary/aromatic N) is 3. The number of carbonyl (C=O) groups is 1. The molecular formula is C19H16N4O4. The van der Waals surface area contributed by atoms with E-state index in [9.17, 15) is 9.90 Å². The van der Waals surface area contributed by atoms with Crippen molar-refractivity contribution in [3.05, 3.63) is 58.7 Å². The van der Waals surface area contributed by atoms with E-state index in [-0.39, 0.29) is 5.69 Å². The Morgan fingerprint density at radius 2 is 2.22 bits per heavy atom. The minimum atomic E-state index is -1.06. The highest BCUT2D eigenvalue weighted by molar-refractivity contribution is 5.91. The van der Waals surface area contributed by atoms with Gasteiger partial charge in [-0.05, 0) is 31.2 Å². The van der Waals surface area contributed by atoms with E-state index in [1.54, 1.807) is 41.9 Å². The van der Waals surface area contributed by atoms with Gasteiger partial charge in [-0.3, -0.25) is 4.79 Å². The standard InChI is InChI=1S/C19H16N4O4/c1-11-8-14(22-27-11)17(24)4-2-12-3-5-18-16(9-12)23-13(6-7-26-18)10-15(21-23)19(20)25/h3,5,8-10,17,24H,6-7H2,1H3,(H2,20,25). The topological polar surface area (TPSA) is 116 Å². The minimum Gasteiger partial charge on any atom is -0.491 e. The lowest BCUT2D eigenvalue weighted by Gasteiger charge is -2.08. The van der Waals surface area contributed by atoms with E-state index in [0.29, 0.717) is 41.5 Å². The molecule has 1 aliphatic heterocycles. The molecule has 0 fully saturated rings. The Kier molecular flexibility index (Phi) is 4.14. The fraction of sp³-hybridized carbons (Fsp3) is 0.211. The molecular weight excluding hydrogens is 348 g/mol. The molecule has 136 valence electrons. The van der Waals surface area contributed by atoms with Crippen LogP contribution in [-0.4, -0.2) is 32.6 Å². The summed E-state index contributed by atoms with van der Waals surface area (Å²) in [5.74, 6) is 6.30. The van der Waals surface area contributed by atoms with E-state index in [2.05, 4.69) is 22.1 Å². The van der Waals surface area contributed by atoms with Crippen molar-refractivity contribution in [1.82, 2.24) is 14.9 Å². The smallest absolute Gasteiger partial charge is 0.269 e. The van der Waals surface area contributed by atoms with Crippen LogP contribution in [0.3, 0.4) is 0 Å². The summed E-state index contributed by atoms with van der Waals surface area (Å²) in [7, 11) is 0. The highest BCUT2D eigenvalue weighted by atomic mass is 16.5. The monoisotopic (exact) mass is 364 g/mol. The van der Waals surface area contributed by atoms with Crippen LogP contribution in [-0.2, 0) is 6.42 Å². The third-order valence-electron chi connectivity index (χ3n) is 4.12. The van der Waals surface area contributed by atoms with Gasteiger partial charge in [-0.25, -0.2) is 4.68 Å². The van der Waals surface area contributed by atoms with Gasteiger partial charge in [0, 0.05) is 23.7 Å². The number of ether oxygens (including phenoxy) is 1. The molecule has 0 bridgehead atoms. The van der Waals surface area contributed by atoms with E-state index < -0.39 is 12.0 Å². The maximum Gasteiger partial charge on any atom is 0.269 e. The SMILES string of the molecule is Cc1cc(C(O)C#Cc2ccc3c(c2)-n2nc(C(N)=O)cc2CCO3)no1. The zero-order chi connectivity index (χ0) is 19.0. The molecule has 27 heavy (non-hydrogen) atoms. The van der Waals surface area contributed by atoms with Crippen LogP contribution in [0.2, 0.25) is 0 Å². The van der Waals surface area contributed by atoms with Crippen LogP contribution in [0, 0.1) is 18.8 Å². The van der Waals surface area contributed by atoms with E-state index in [1.807, 2.05) is 0 Å². The molecule has 1 aliphatic rings. The largest absolute Gasteiger partial charge is 0.491 e. The second-order valence-corrected chi connectivity index (χ2v) is 6.11. The average Bonchev–Trinajstić information content (AvgIpc) is 3.23. The first-order valence-electron chi connectivity index (χ1n) is 8.30. The van der Waals surface area contributed by atoms with Gasteiger partial charge in [0.05, 0.1) is 6.61 Å². The number of aliphatic hydroxyl groups is 1. The van der Waals surface area contributed by atoms with Crippen molar-refractivity contribution < 1.29 is 19.2 Å². The Labute approximate surface area is 154 Å². The fourth-order valence-electron chi connectivity index (χ4n) is 2.82. The van der Waals surface area contributed by atoms with Gasteiger partial charge in [-0.15, -0.1) is 0 Å². The number of primary amides is 1. The molecule has 0 aliphatic carbocycles. The Bertz CT molecular complexity index is 1090. The maximum atomic E-state index is 11.4. The summed E-state index contributed by atoms with van der Waals surface area (Å²) in [4.78, 5) is 11.4. The highest BCUT2D eigenvalue weighted by Gasteiger charge is 2.19. The zero-order valence-electron chi connectivity index (χ0n) is 14.5. The van der Waals surface area contributed by atoms with Gasteiger partial charge in [-0.2, -0.15) is 5.10 Å². The van der Waals surface area contributed by atoms with E-state index in [4.69, 9.17) is 15.0 Å². The summed E-state index contributed by atoms with van der Waals surface area (Å²) in [6, 6.07) is 8.65. The van der Waals surface area contributed by atoms with Gasteiger partial charge < -0.3 is 20.1 Å². The summed E-state index contributed by atoms with van der Waals surface area (Å²) in [5, 5.41) is 18.1. The molecule has 1 amide bonds. The van der Waals surface area contributed by atoms with Crippen molar-refractivity contribution in [2.75, 3.05) is 6.61 Å². The van der Waals surface area contributed by atoms with Crippen LogP contribution in [0.15, 0.2) is 34.9 Å². The lowest BCUT2D eigenvalue weighted by atomic mass is 10.1. The van der Waals surface area contributed by atoms with E-state index in [0.717, 1.165) is 5.69 Å². The quantitative estimate of drug-likeness (QED) is 0.662. The first-order chi connectivity index (χ1) is 13.0. The molecule has 1 aromatic carbocycles. The molecule has 1 atom stereocenters. The molecule has 0 spiro atoms. The summed E-state index contributed by atoms with van der Waals surface area (Å²) in [6.07, 6.45) is -0.459. The molecule has 8 nitrogen and oxygen atoms in total. The fourth-order valence-corrected chi connectivity index (χ4v) is 2.82. The Morgan fingerprint density at radius 3 is 2.96 bits per heavy atom. The van der Waals surface area contributed by atoms with Gasteiger partial charge in [0.25, 0.3) is 5.91 Å². The van der Waals surface area contributed by atoms with Crippen molar-refractivity contribution in [2.24, 2.45) is 5.73 Å². The lowest BCUT2D eigenvalue weighted by Crippen LogP contribution is -2.12. The molecule has 3 N–H and O–H groups in total. The van der Waals surface area contributed by atoms with Crippen LogP contribution in [0.4, 0.5) is 0 Å². The molecule has 0 saturated carbocycles. The molecule has 0 saturated heterocycles. The van der Waals surface area contributed by atoms with Crippen LogP contribution in [0.1, 0.15) is 39.3 Å². The third kappa shape index (κ3) is 3.28. The van der Waals surface area contributed by atoms with Crippen molar-refractivity contribution in [3.8, 4) is 23.3 Å². The molecule has 8 heteroatoms. The number of rotatable bonds is 2. The van der Waals surface area contributed by atoms with Gasteiger partial charge in [0.15, 0.2) is 11.8 Å². The van der Waals surface area contributed by atoms with Crippen LogP contribution in [0.5, 0.6) is 5.75 Å². The van der Waals surface area contributed by atoms with Crippen LogP contribution < -0.4 is 10.5 Å². The Morgan fingerprint density at radius 1 is 1.37 bits per heavy atom. The number of carbonyl (C=O) groups excluding carboxylic acids is 1. The molecule has 0 radical (unpaired) electrons. The predicted molar refractivity (Wildman–Crippen MR) is 94.4 cm³/mol. The normalized spacial score (nSPS) is 13.4. The lowest BCUT2D eigenvalue weighted by molar-refractivity contribution is 0.0995. The van der Waals surface area contributed by atoms with Crippen LogP contribution in [0.25, 0.3) is 5.69 Å². The summed E-state index contributed by atoms with van der Waals surface area (Å²) in [5.41, 5.74) is 8.04. The maximum absolute atomic E-state index is 11.4. The third-order valence-corrected chi connectivity index (χ3v) is 4.12. The van der Waals surface area contributed by atoms with Crippen molar-refractivity contribution in [3.63, 3.8) is 0 Å². The first kappa shape index (κ1) is 16.9. The number of nitrogens with two attached hydrogens (primary N) is 1. The number of hydrogen-bond acceptors (Lipinski definition) is 6. The number of amides is 1. The van der Waals surface area contributed by atoms with E-state index >= 15 is 0 Å². The summed E-state index contributed by atoms with van der Waals surface area (Å²) in [6.45, 7) is 2.21. The Balaban J connectivity index is 1.70. The molecule has 4 rings (SSSR count).